The van der Waals surface area contributed by atoms with Crippen molar-refractivity contribution in [3.8, 4) is 0 Å². The minimum Gasteiger partial charge on any atom is -0.456 e. The minimum absolute atomic E-state index is 0.0385. The van der Waals surface area contributed by atoms with Crippen LogP contribution in [0.1, 0.15) is 252 Å². The minimum atomic E-state index is -4.44. The molecule has 0 fully saturated rings. The molecule has 0 aliphatic carbocycles. The average molecular weight is 964 g/mol. The lowest BCUT2D eigenvalue weighted by molar-refractivity contribution is -0.870. The molecular weight excluding hydrogens is 856 g/mol. The van der Waals surface area contributed by atoms with Crippen molar-refractivity contribution in [3.63, 3.8) is 0 Å². The monoisotopic (exact) mass is 964 g/mol. The Kier molecular flexibility index (Phi) is 46.2. The summed E-state index contributed by atoms with van der Waals surface area (Å²) in [7, 11) is 1.49. The zero-order valence-corrected chi connectivity index (χ0v) is 45.5. The summed E-state index contributed by atoms with van der Waals surface area (Å²) in [6.07, 6.45) is 56.7. The number of likely N-dealkylation sites (N-methyl/N-ethyl adjacent to an activating group) is 1. The number of unbranched alkanes of at least 4 members (excludes halogenated alkanes) is 28. The van der Waals surface area contributed by atoms with Crippen LogP contribution in [0.15, 0.2) is 48.6 Å². The zero-order chi connectivity index (χ0) is 49.4. The van der Waals surface area contributed by atoms with Crippen molar-refractivity contribution >= 4 is 19.7 Å². The summed E-state index contributed by atoms with van der Waals surface area (Å²) < 4.78 is 30.5. The fourth-order valence-corrected chi connectivity index (χ4v) is 8.62. The molecule has 0 aliphatic rings. The molecule has 67 heavy (non-hydrogen) atoms. The van der Waals surface area contributed by atoms with Gasteiger partial charge in [0, 0.05) is 12.8 Å². The van der Waals surface area contributed by atoms with Gasteiger partial charge < -0.3 is 19.4 Å². The molecule has 392 valence electrons. The summed E-state index contributed by atoms with van der Waals surface area (Å²) in [5, 5.41) is 3.04. The highest BCUT2D eigenvalue weighted by molar-refractivity contribution is 7.47. The van der Waals surface area contributed by atoms with Gasteiger partial charge >= 0.3 is 13.8 Å². The molecule has 0 radical (unpaired) electrons. The van der Waals surface area contributed by atoms with Crippen molar-refractivity contribution in [3.05, 3.63) is 48.6 Å². The second kappa shape index (κ2) is 47.6. The summed E-state index contributed by atoms with van der Waals surface area (Å²) in [5.41, 5.74) is 0. The van der Waals surface area contributed by atoms with E-state index in [-0.39, 0.29) is 31.5 Å². The lowest BCUT2D eigenvalue weighted by Crippen LogP contribution is -2.47. The number of phosphoric acid groups is 1. The second-order valence-corrected chi connectivity index (χ2v) is 21.6. The van der Waals surface area contributed by atoms with E-state index in [0.29, 0.717) is 17.4 Å². The van der Waals surface area contributed by atoms with Gasteiger partial charge in [-0.3, -0.25) is 18.6 Å². The molecule has 0 rings (SSSR count). The van der Waals surface area contributed by atoms with Crippen LogP contribution in [0, 0.1) is 0 Å². The van der Waals surface area contributed by atoms with Crippen LogP contribution in [0.3, 0.4) is 0 Å². The molecule has 0 heterocycles. The number of amides is 1. The summed E-state index contributed by atoms with van der Waals surface area (Å²) in [5.74, 6) is -0.517. The number of phosphoric ester groups is 1. The van der Waals surface area contributed by atoms with Crippen LogP contribution in [0.25, 0.3) is 0 Å². The third kappa shape index (κ3) is 48.8. The van der Waals surface area contributed by atoms with Crippen molar-refractivity contribution in [2.75, 3.05) is 40.9 Å². The summed E-state index contributed by atoms with van der Waals surface area (Å²) in [6.45, 7) is 6.96. The molecule has 0 aromatic carbocycles. The Morgan fingerprint density at radius 2 is 0.910 bits per heavy atom. The third-order valence-electron chi connectivity index (χ3n) is 12.3. The van der Waals surface area contributed by atoms with Gasteiger partial charge in [0.25, 0.3) is 0 Å². The predicted octanol–water partition coefficient (Wildman–Crippen LogP) is 16.6. The highest BCUT2D eigenvalue weighted by Gasteiger charge is 2.30. The van der Waals surface area contributed by atoms with E-state index in [0.717, 1.165) is 83.5 Å². The van der Waals surface area contributed by atoms with Gasteiger partial charge in [0.2, 0.25) is 5.91 Å². The Labute approximate surface area is 414 Å². The van der Waals surface area contributed by atoms with Crippen LogP contribution >= 0.6 is 7.82 Å². The molecule has 9 nitrogen and oxygen atoms in total. The first-order chi connectivity index (χ1) is 32.4. The van der Waals surface area contributed by atoms with Gasteiger partial charge in [-0.15, -0.1) is 0 Å². The molecule has 0 spiro atoms. The van der Waals surface area contributed by atoms with Crippen molar-refractivity contribution in [1.29, 1.82) is 0 Å². The van der Waals surface area contributed by atoms with Crippen molar-refractivity contribution in [2.45, 2.75) is 264 Å². The molecule has 0 aromatic rings. The standard InChI is InChI=1S/C57H107N2O7P/c1-7-10-13-16-19-22-25-26-27-28-29-30-31-32-35-38-41-44-47-50-57(61)66-55(48-45-42-39-36-33-23-20-17-14-11-8-2)54(53-65-67(62,63)64-52-51-59(4,5)6)58-56(60)49-46-43-40-37-34-24-21-18-15-12-9-3/h19,22,26-27,29-30,45,48,54-55H,7-18,20-21,23-25,28,31-44,46-47,49-53H2,1-6H3,(H-,58,60,62,63)/p+1/b22-19-,27-26-,30-29-,48-45+. The number of carbonyl (C=O) groups is 2. The van der Waals surface area contributed by atoms with Gasteiger partial charge in [0.15, 0.2) is 0 Å². The molecule has 1 amide bonds. The smallest absolute Gasteiger partial charge is 0.456 e. The van der Waals surface area contributed by atoms with Gasteiger partial charge in [-0.05, 0) is 70.3 Å². The van der Waals surface area contributed by atoms with Crippen molar-refractivity contribution in [2.24, 2.45) is 0 Å². The Bertz CT molecular complexity index is 1290. The van der Waals surface area contributed by atoms with E-state index in [1.54, 1.807) is 0 Å². The lowest BCUT2D eigenvalue weighted by atomic mass is 10.0. The van der Waals surface area contributed by atoms with Gasteiger partial charge in [0.1, 0.15) is 19.3 Å². The first kappa shape index (κ1) is 65.0. The number of ether oxygens (including phenoxy) is 1. The summed E-state index contributed by atoms with van der Waals surface area (Å²) >= 11 is 0. The number of hydrogen-bond acceptors (Lipinski definition) is 6. The van der Waals surface area contributed by atoms with Crippen molar-refractivity contribution < 1.29 is 37.3 Å². The van der Waals surface area contributed by atoms with Crippen LogP contribution < -0.4 is 5.32 Å². The Balaban J connectivity index is 5.31. The molecule has 0 saturated carbocycles. The molecule has 10 heteroatoms. The Morgan fingerprint density at radius 3 is 1.39 bits per heavy atom. The van der Waals surface area contributed by atoms with Crippen LogP contribution in [0.5, 0.6) is 0 Å². The van der Waals surface area contributed by atoms with E-state index in [2.05, 4.69) is 62.5 Å². The van der Waals surface area contributed by atoms with E-state index < -0.39 is 20.0 Å². The van der Waals surface area contributed by atoms with E-state index in [4.69, 9.17) is 13.8 Å². The molecule has 3 atom stereocenters. The quantitative estimate of drug-likeness (QED) is 0.0205. The van der Waals surface area contributed by atoms with Crippen LogP contribution in [-0.4, -0.2) is 74.3 Å². The predicted molar refractivity (Wildman–Crippen MR) is 286 cm³/mol. The van der Waals surface area contributed by atoms with E-state index in [9.17, 15) is 19.0 Å². The Hall–Kier alpha value is -2.03. The first-order valence-corrected chi connectivity index (χ1v) is 29.5. The fourth-order valence-electron chi connectivity index (χ4n) is 7.89. The third-order valence-corrected chi connectivity index (χ3v) is 13.3. The number of quaternary nitrogens is 1. The van der Waals surface area contributed by atoms with Crippen LogP contribution in [-0.2, 0) is 27.9 Å². The number of rotatable bonds is 50. The van der Waals surface area contributed by atoms with Gasteiger partial charge in [-0.1, -0.05) is 217 Å². The van der Waals surface area contributed by atoms with Gasteiger partial charge in [-0.25, -0.2) is 4.57 Å². The maximum Gasteiger partial charge on any atom is 0.472 e. The van der Waals surface area contributed by atoms with Crippen LogP contribution in [0.4, 0.5) is 0 Å². The lowest BCUT2D eigenvalue weighted by Gasteiger charge is -2.27. The fraction of sp³-hybridized carbons (Fsp3) is 0.825. The van der Waals surface area contributed by atoms with Crippen LogP contribution in [0.2, 0.25) is 0 Å². The second-order valence-electron chi connectivity index (χ2n) is 20.1. The number of nitrogens with one attached hydrogen (secondary N) is 1. The summed E-state index contributed by atoms with van der Waals surface area (Å²) in [4.78, 5) is 37.5. The van der Waals surface area contributed by atoms with E-state index in [1.165, 1.54) is 135 Å². The first-order valence-electron chi connectivity index (χ1n) is 28.0. The average Bonchev–Trinajstić information content (AvgIpc) is 3.28. The number of allylic oxidation sites excluding steroid dienone is 7. The molecule has 0 aliphatic heterocycles. The highest BCUT2D eigenvalue weighted by atomic mass is 31.2. The maximum atomic E-state index is 13.4. The summed E-state index contributed by atoms with van der Waals surface area (Å²) in [6, 6.07) is -0.849. The molecule has 0 bridgehead atoms. The van der Waals surface area contributed by atoms with Gasteiger partial charge in [-0.2, -0.15) is 0 Å². The van der Waals surface area contributed by atoms with E-state index in [1.807, 2.05) is 33.3 Å². The number of carbonyl (C=O) groups excluding carboxylic acids is 2. The van der Waals surface area contributed by atoms with Crippen molar-refractivity contribution in [1.82, 2.24) is 5.32 Å². The molecule has 3 unspecified atom stereocenters. The number of nitrogens with zero attached hydrogens (tertiary/aromatic N) is 1. The topological polar surface area (TPSA) is 111 Å². The highest BCUT2D eigenvalue weighted by Crippen LogP contribution is 2.43. The maximum absolute atomic E-state index is 13.4. The van der Waals surface area contributed by atoms with E-state index >= 15 is 0 Å². The largest absolute Gasteiger partial charge is 0.472 e. The molecule has 2 N–H and O–H groups in total. The SMILES string of the molecule is CCCCC/C=C\C/C=C\C/C=C\CCCCCCCCC(=O)OC(/C=C/CCCCCCCCCCC)C(COP(=O)(O)OCC[N+](C)(C)C)NC(=O)CCCCCCCCCCCCC. The zero-order valence-electron chi connectivity index (χ0n) is 44.6. The molecule has 0 saturated heterocycles. The Morgan fingerprint density at radius 1 is 0.522 bits per heavy atom. The number of hydrogen-bond donors (Lipinski definition) is 2. The normalized spacial score (nSPS) is 14.2. The van der Waals surface area contributed by atoms with Gasteiger partial charge in [0.05, 0.1) is 33.8 Å². The molecular formula is C57H108N2O7P+. The molecule has 0 aromatic heterocycles. The number of esters is 1.